The summed E-state index contributed by atoms with van der Waals surface area (Å²) in [6.07, 6.45) is 6.81. The van der Waals surface area contributed by atoms with Gasteiger partial charge in [-0.1, -0.05) is 19.3 Å². The molecule has 3 nitrogen and oxygen atoms in total. The molecule has 0 aromatic rings. The molecule has 2 rings (SSSR count). The molecule has 0 aromatic heterocycles. The Hall–Kier alpha value is -0.570. The highest BCUT2D eigenvalue weighted by atomic mass is 16.4. The molecule has 2 fully saturated rings. The molecule has 14 heavy (non-hydrogen) atoms. The van der Waals surface area contributed by atoms with Crippen LogP contribution in [0.3, 0.4) is 0 Å². The van der Waals surface area contributed by atoms with Crippen molar-refractivity contribution in [2.75, 3.05) is 0 Å². The second-order valence-electron chi connectivity index (χ2n) is 5.06. The Morgan fingerprint density at radius 1 is 1.43 bits per heavy atom. The summed E-state index contributed by atoms with van der Waals surface area (Å²) >= 11 is 0. The van der Waals surface area contributed by atoms with Crippen LogP contribution in [-0.4, -0.2) is 22.7 Å². The quantitative estimate of drug-likeness (QED) is 0.706. The SMILES string of the molecule is CC(CC1CCC1)(NC1CC1)C(=O)O. The van der Waals surface area contributed by atoms with Crippen LogP contribution in [0.5, 0.6) is 0 Å². The molecule has 0 bridgehead atoms. The van der Waals surface area contributed by atoms with E-state index in [4.69, 9.17) is 0 Å². The molecular weight excluding hydrogens is 178 g/mol. The van der Waals surface area contributed by atoms with Crippen LogP contribution >= 0.6 is 0 Å². The van der Waals surface area contributed by atoms with Gasteiger partial charge in [-0.3, -0.25) is 10.1 Å². The van der Waals surface area contributed by atoms with Crippen molar-refractivity contribution in [1.29, 1.82) is 0 Å². The van der Waals surface area contributed by atoms with Gasteiger partial charge < -0.3 is 5.11 Å². The predicted molar refractivity (Wildman–Crippen MR) is 54.2 cm³/mol. The number of carboxylic acid groups (broad SMARTS) is 1. The molecule has 2 saturated carbocycles. The van der Waals surface area contributed by atoms with E-state index in [1.807, 2.05) is 6.92 Å². The van der Waals surface area contributed by atoms with Gasteiger partial charge in [-0.05, 0) is 32.1 Å². The Balaban J connectivity index is 1.92. The first kappa shape index (κ1) is 9.97. The van der Waals surface area contributed by atoms with Gasteiger partial charge >= 0.3 is 5.97 Å². The van der Waals surface area contributed by atoms with Crippen molar-refractivity contribution in [3.05, 3.63) is 0 Å². The van der Waals surface area contributed by atoms with Crippen LogP contribution in [-0.2, 0) is 4.79 Å². The summed E-state index contributed by atoms with van der Waals surface area (Å²) in [5.41, 5.74) is -0.674. The molecular formula is C11H19NO2. The van der Waals surface area contributed by atoms with Crippen molar-refractivity contribution in [2.24, 2.45) is 5.92 Å². The van der Waals surface area contributed by atoms with E-state index in [2.05, 4.69) is 5.32 Å². The molecule has 3 heteroatoms. The van der Waals surface area contributed by atoms with Gasteiger partial charge in [0.25, 0.3) is 0 Å². The molecule has 0 heterocycles. The molecule has 2 aliphatic rings. The number of hydrogen-bond acceptors (Lipinski definition) is 2. The minimum Gasteiger partial charge on any atom is -0.480 e. The minimum absolute atomic E-state index is 0.469. The maximum absolute atomic E-state index is 11.2. The topological polar surface area (TPSA) is 49.3 Å². The Labute approximate surface area is 84.9 Å². The Morgan fingerprint density at radius 3 is 2.43 bits per heavy atom. The second kappa shape index (κ2) is 3.54. The molecule has 2 aliphatic carbocycles. The van der Waals surface area contributed by atoms with E-state index in [-0.39, 0.29) is 0 Å². The molecule has 0 amide bonds. The summed E-state index contributed by atoms with van der Waals surface area (Å²) in [5, 5.41) is 12.5. The van der Waals surface area contributed by atoms with Crippen LogP contribution in [0.15, 0.2) is 0 Å². The first-order valence-electron chi connectivity index (χ1n) is 5.61. The van der Waals surface area contributed by atoms with Gasteiger partial charge in [0, 0.05) is 6.04 Å². The zero-order valence-electron chi connectivity index (χ0n) is 8.75. The number of hydrogen-bond donors (Lipinski definition) is 2. The molecule has 1 unspecified atom stereocenters. The van der Waals surface area contributed by atoms with E-state index in [1.54, 1.807) is 0 Å². The van der Waals surface area contributed by atoms with E-state index < -0.39 is 11.5 Å². The van der Waals surface area contributed by atoms with Crippen LogP contribution < -0.4 is 5.32 Å². The van der Waals surface area contributed by atoms with Gasteiger partial charge in [-0.2, -0.15) is 0 Å². The standard InChI is InChI=1S/C11H19NO2/c1-11(10(13)14,12-9-5-6-9)7-8-3-2-4-8/h8-9,12H,2-7H2,1H3,(H,13,14). The lowest BCUT2D eigenvalue weighted by molar-refractivity contribution is -0.145. The first-order chi connectivity index (χ1) is 6.60. The van der Waals surface area contributed by atoms with Crippen molar-refractivity contribution in [2.45, 2.75) is 57.0 Å². The maximum atomic E-state index is 11.2. The average Bonchev–Trinajstić information content (AvgIpc) is 2.81. The Morgan fingerprint density at radius 2 is 2.07 bits per heavy atom. The summed E-state index contributed by atoms with van der Waals surface area (Å²) < 4.78 is 0. The zero-order chi connectivity index (χ0) is 10.2. The summed E-state index contributed by atoms with van der Waals surface area (Å²) in [6.45, 7) is 1.84. The second-order valence-corrected chi connectivity index (χ2v) is 5.06. The van der Waals surface area contributed by atoms with Crippen molar-refractivity contribution in [1.82, 2.24) is 5.32 Å². The smallest absolute Gasteiger partial charge is 0.323 e. The number of carbonyl (C=O) groups is 1. The van der Waals surface area contributed by atoms with Gasteiger partial charge in [0.1, 0.15) is 5.54 Å². The summed E-state index contributed by atoms with van der Waals surface area (Å²) in [5.74, 6) is -0.0429. The number of rotatable bonds is 5. The van der Waals surface area contributed by atoms with Crippen LogP contribution in [0.4, 0.5) is 0 Å². The zero-order valence-corrected chi connectivity index (χ0v) is 8.75. The van der Waals surface area contributed by atoms with Crippen molar-refractivity contribution < 1.29 is 9.90 Å². The van der Waals surface area contributed by atoms with E-state index in [0.29, 0.717) is 12.0 Å². The molecule has 0 aromatic carbocycles. The Bertz CT molecular complexity index is 233. The van der Waals surface area contributed by atoms with Crippen molar-refractivity contribution in [3.63, 3.8) is 0 Å². The van der Waals surface area contributed by atoms with E-state index >= 15 is 0 Å². The fourth-order valence-corrected chi connectivity index (χ4v) is 2.16. The van der Waals surface area contributed by atoms with Gasteiger partial charge in [0.15, 0.2) is 0 Å². The molecule has 0 aliphatic heterocycles. The average molecular weight is 197 g/mol. The van der Waals surface area contributed by atoms with Gasteiger partial charge in [-0.25, -0.2) is 0 Å². The monoisotopic (exact) mass is 197 g/mol. The highest BCUT2D eigenvalue weighted by molar-refractivity contribution is 5.78. The van der Waals surface area contributed by atoms with Crippen molar-refractivity contribution in [3.8, 4) is 0 Å². The van der Waals surface area contributed by atoms with E-state index in [1.165, 1.54) is 19.3 Å². The van der Waals surface area contributed by atoms with E-state index in [0.717, 1.165) is 19.3 Å². The lowest BCUT2D eigenvalue weighted by Crippen LogP contribution is -2.52. The van der Waals surface area contributed by atoms with E-state index in [9.17, 15) is 9.90 Å². The largest absolute Gasteiger partial charge is 0.480 e. The summed E-state index contributed by atoms with van der Waals surface area (Å²) in [6, 6.07) is 0.469. The van der Waals surface area contributed by atoms with Crippen LogP contribution in [0.25, 0.3) is 0 Å². The highest BCUT2D eigenvalue weighted by Crippen LogP contribution is 2.35. The van der Waals surface area contributed by atoms with Gasteiger partial charge in [0.05, 0.1) is 0 Å². The Kier molecular flexibility index (Phi) is 2.52. The normalized spacial score (nSPS) is 26.6. The van der Waals surface area contributed by atoms with Crippen LogP contribution in [0, 0.1) is 5.92 Å². The lowest BCUT2D eigenvalue weighted by atomic mass is 9.76. The number of carboxylic acids is 1. The highest BCUT2D eigenvalue weighted by Gasteiger charge is 2.40. The van der Waals surface area contributed by atoms with Gasteiger partial charge in [-0.15, -0.1) is 0 Å². The summed E-state index contributed by atoms with van der Waals surface area (Å²) in [4.78, 5) is 11.2. The number of nitrogens with one attached hydrogen (secondary N) is 1. The van der Waals surface area contributed by atoms with Gasteiger partial charge in [0.2, 0.25) is 0 Å². The third-order valence-electron chi connectivity index (χ3n) is 3.49. The molecule has 1 atom stereocenters. The van der Waals surface area contributed by atoms with Crippen molar-refractivity contribution >= 4 is 5.97 Å². The fourth-order valence-electron chi connectivity index (χ4n) is 2.16. The lowest BCUT2D eigenvalue weighted by Gasteiger charge is -2.34. The predicted octanol–water partition coefficient (Wildman–Crippen LogP) is 1.77. The number of aliphatic carboxylic acids is 1. The molecule has 80 valence electrons. The molecule has 0 saturated heterocycles. The molecule has 2 N–H and O–H groups in total. The summed E-state index contributed by atoms with van der Waals surface area (Å²) in [7, 11) is 0. The third-order valence-corrected chi connectivity index (χ3v) is 3.49. The maximum Gasteiger partial charge on any atom is 0.323 e. The van der Waals surface area contributed by atoms with Crippen LogP contribution in [0.2, 0.25) is 0 Å². The molecule has 0 spiro atoms. The third kappa shape index (κ3) is 2.08. The fraction of sp³-hybridized carbons (Fsp3) is 0.909. The molecule has 0 radical (unpaired) electrons. The minimum atomic E-state index is -0.684. The van der Waals surface area contributed by atoms with Crippen LogP contribution in [0.1, 0.15) is 45.4 Å². The first-order valence-corrected chi connectivity index (χ1v) is 5.61.